The minimum atomic E-state index is -3.87. The van der Waals surface area contributed by atoms with Gasteiger partial charge in [0.2, 0.25) is 0 Å². The highest BCUT2D eigenvalue weighted by molar-refractivity contribution is 7.92. The third kappa shape index (κ3) is 6.81. The van der Waals surface area contributed by atoms with Crippen LogP contribution in [0.5, 0.6) is 0 Å². The van der Waals surface area contributed by atoms with Gasteiger partial charge < -0.3 is 10.6 Å². The van der Waals surface area contributed by atoms with Gasteiger partial charge in [0.15, 0.2) is 0 Å². The molecule has 7 nitrogen and oxygen atoms in total. The number of halogens is 1. The molecule has 172 valence electrons. The van der Waals surface area contributed by atoms with E-state index in [1.165, 1.54) is 30.3 Å². The maximum absolute atomic E-state index is 12.7. The first-order valence-electron chi connectivity index (χ1n) is 10.1. The van der Waals surface area contributed by atoms with Crippen molar-refractivity contribution >= 4 is 44.8 Å². The molecule has 0 saturated carbocycles. The third-order valence-electron chi connectivity index (χ3n) is 4.40. The fourth-order valence-corrected chi connectivity index (χ4v) is 4.09. The van der Waals surface area contributed by atoms with E-state index >= 15 is 0 Å². The Hall–Kier alpha value is -3.36. The van der Waals surface area contributed by atoms with Gasteiger partial charge in [-0.3, -0.25) is 14.3 Å². The number of anilines is 2. The van der Waals surface area contributed by atoms with Gasteiger partial charge in [-0.1, -0.05) is 17.7 Å². The monoisotopic (exact) mass is 485 g/mol. The molecule has 2 amide bonds. The zero-order valence-corrected chi connectivity index (χ0v) is 19.9. The first kappa shape index (κ1) is 24.3. The van der Waals surface area contributed by atoms with Gasteiger partial charge >= 0.3 is 0 Å². The zero-order chi connectivity index (χ0) is 24.2. The van der Waals surface area contributed by atoms with E-state index in [1.54, 1.807) is 42.5 Å². The van der Waals surface area contributed by atoms with E-state index in [0.29, 0.717) is 27.5 Å². The van der Waals surface area contributed by atoms with Crippen molar-refractivity contribution in [3.8, 4) is 0 Å². The van der Waals surface area contributed by atoms with E-state index in [0.717, 1.165) is 0 Å². The normalized spacial score (nSPS) is 11.5. The van der Waals surface area contributed by atoms with E-state index in [4.69, 9.17) is 11.6 Å². The number of nitrogens with one attached hydrogen (secondary N) is 3. The van der Waals surface area contributed by atoms with Gasteiger partial charge in [0.25, 0.3) is 21.8 Å². The Morgan fingerprint density at radius 2 is 1.36 bits per heavy atom. The Bertz CT molecular complexity index is 1270. The van der Waals surface area contributed by atoms with Crippen molar-refractivity contribution < 1.29 is 18.0 Å². The van der Waals surface area contributed by atoms with E-state index in [9.17, 15) is 18.0 Å². The van der Waals surface area contributed by atoms with Gasteiger partial charge in [0.1, 0.15) is 0 Å². The highest BCUT2D eigenvalue weighted by Crippen LogP contribution is 2.21. The van der Waals surface area contributed by atoms with Crippen LogP contribution in [-0.2, 0) is 10.0 Å². The number of rotatable bonds is 6. The summed E-state index contributed by atoms with van der Waals surface area (Å²) in [4.78, 5) is 24.8. The number of hydrogen-bond donors (Lipinski definition) is 3. The molecule has 0 aliphatic rings. The van der Waals surface area contributed by atoms with E-state index in [2.05, 4.69) is 15.4 Å². The van der Waals surface area contributed by atoms with Gasteiger partial charge in [0.05, 0.1) is 4.90 Å². The molecule has 0 radical (unpaired) electrons. The Balaban J connectivity index is 1.71. The summed E-state index contributed by atoms with van der Waals surface area (Å²) >= 11 is 5.83. The van der Waals surface area contributed by atoms with Crippen LogP contribution in [0.4, 0.5) is 11.4 Å². The summed E-state index contributed by atoms with van der Waals surface area (Å²) in [5, 5.41) is 6.03. The molecule has 0 fully saturated rings. The SMILES string of the molecule is CC(C)(C)NC(=O)c1ccc(C(=O)Nc2cccc(S(=O)(=O)Nc3ccc(Cl)cc3)c2)cc1. The minimum absolute atomic E-state index is 0.00977. The number of carbonyl (C=O) groups is 2. The molecule has 0 aromatic heterocycles. The highest BCUT2D eigenvalue weighted by Gasteiger charge is 2.17. The van der Waals surface area contributed by atoms with Crippen LogP contribution in [0.3, 0.4) is 0 Å². The molecule has 0 atom stereocenters. The smallest absolute Gasteiger partial charge is 0.261 e. The maximum Gasteiger partial charge on any atom is 0.261 e. The fourth-order valence-electron chi connectivity index (χ4n) is 2.86. The molecule has 3 rings (SSSR count). The zero-order valence-electron chi connectivity index (χ0n) is 18.3. The molecule has 9 heteroatoms. The lowest BCUT2D eigenvalue weighted by Gasteiger charge is -2.20. The van der Waals surface area contributed by atoms with Gasteiger partial charge in [-0.25, -0.2) is 8.42 Å². The fraction of sp³-hybridized carbons (Fsp3) is 0.167. The van der Waals surface area contributed by atoms with Crippen LogP contribution in [0, 0.1) is 0 Å². The predicted octanol–water partition coefficient (Wildman–Crippen LogP) is 4.92. The summed E-state index contributed by atoms with van der Waals surface area (Å²) < 4.78 is 27.9. The largest absolute Gasteiger partial charge is 0.347 e. The molecule has 0 bridgehead atoms. The van der Waals surface area contributed by atoms with Gasteiger partial charge in [-0.15, -0.1) is 0 Å². The van der Waals surface area contributed by atoms with E-state index in [-0.39, 0.29) is 16.3 Å². The van der Waals surface area contributed by atoms with Crippen LogP contribution < -0.4 is 15.4 Å². The van der Waals surface area contributed by atoms with Crippen LogP contribution in [0.2, 0.25) is 5.02 Å². The molecule has 0 spiro atoms. The second kappa shape index (κ2) is 9.64. The first-order chi connectivity index (χ1) is 15.4. The van der Waals surface area contributed by atoms with E-state index < -0.39 is 15.9 Å². The van der Waals surface area contributed by atoms with Crippen molar-refractivity contribution in [3.63, 3.8) is 0 Å². The van der Waals surface area contributed by atoms with Crippen LogP contribution in [0.25, 0.3) is 0 Å². The standard InChI is InChI=1S/C24H24ClN3O4S/c1-24(2,3)27-23(30)17-9-7-16(8-10-17)22(29)26-20-5-4-6-21(15-20)33(31,32)28-19-13-11-18(25)12-14-19/h4-15,28H,1-3H3,(H,26,29)(H,27,30). The predicted molar refractivity (Wildman–Crippen MR) is 130 cm³/mol. The average molecular weight is 486 g/mol. The number of sulfonamides is 1. The molecular formula is C24H24ClN3O4S. The minimum Gasteiger partial charge on any atom is -0.347 e. The molecule has 0 heterocycles. The Kier molecular flexibility index (Phi) is 7.09. The Labute approximate surface area is 198 Å². The van der Waals surface area contributed by atoms with Gasteiger partial charge in [-0.2, -0.15) is 0 Å². The second-order valence-corrected chi connectivity index (χ2v) is 10.5. The second-order valence-electron chi connectivity index (χ2n) is 8.38. The van der Waals surface area contributed by atoms with Gasteiger partial charge in [-0.05, 0) is 87.5 Å². The van der Waals surface area contributed by atoms with Crippen LogP contribution in [0.1, 0.15) is 41.5 Å². The number of hydrogen-bond acceptors (Lipinski definition) is 4. The molecule has 0 saturated heterocycles. The third-order valence-corrected chi connectivity index (χ3v) is 6.03. The average Bonchev–Trinajstić information content (AvgIpc) is 2.74. The summed E-state index contributed by atoms with van der Waals surface area (Å²) in [6.45, 7) is 5.64. The molecule has 0 unspecified atom stereocenters. The molecule has 0 aliphatic carbocycles. The summed E-state index contributed by atoms with van der Waals surface area (Å²) in [6, 6.07) is 18.4. The molecule has 3 aromatic carbocycles. The van der Waals surface area contributed by atoms with E-state index in [1.807, 2.05) is 20.8 Å². The van der Waals surface area contributed by atoms with Crippen molar-refractivity contribution in [3.05, 3.63) is 88.9 Å². The number of carbonyl (C=O) groups excluding carboxylic acids is 2. The lowest BCUT2D eigenvalue weighted by Crippen LogP contribution is -2.40. The summed E-state index contributed by atoms with van der Waals surface area (Å²) in [6.07, 6.45) is 0. The van der Waals surface area contributed by atoms with Crippen LogP contribution in [0.15, 0.2) is 77.7 Å². The molecular weight excluding hydrogens is 462 g/mol. The van der Waals surface area contributed by atoms with Crippen molar-refractivity contribution in [1.82, 2.24) is 5.32 Å². The molecule has 3 aromatic rings. The highest BCUT2D eigenvalue weighted by atomic mass is 35.5. The Morgan fingerprint density at radius 3 is 1.94 bits per heavy atom. The van der Waals surface area contributed by atoms with Crippen molar-refractivity contribution in [2.45, 2.75) is 31.2 Å². The van der Waals surface area contributed by atoms with Crippen LogP contribution >= 0.6 is 11.6 Å². The summed E-state index contributed by atoms with van der Waals surface area (Å²) in [7, 11) is -3.87. The quantitative estimate of drug-likeness (QED) is 0.460. The maximum atomic E-state index is 12.7. The van der Waals surface area contributed by atoms with Crippen molar-refractivity contribution in [2.24, 2.45) is 0 Å². The lowest BCUT2D eigenvalue weighted by molar-refractivity contribution is 0.0918. The van der Waals surface area contributed by atoms with Crippen molar-refractivity contribution in [1.29, 1.82) is 0 Å². The topological polar surface area (TPSA) is 104 Å². The molecule has 0 aliphatic heterocycles. The summed E-state index contributed by atoms with van der Waals surface area (Å²) in [5.41, 5.74) is 1.07. The molecule has 3 N–H and O–H groups in total. The number of amides is 2. The van der Waals surface area contributed by atoms with Gasteiger partial charge in [0, 0.05) is 33.1 Å². The summed E-state index contributed by atoms with van der Waals surface area (Å²) in [5.74, 6) is -0.668. The van der Waals surface area contributed by atoms with Crippen molar-refractivity contribution in [2.75, 3.05) is 10.0 Å². The first-order valence-corrected chi connectivity index (χ1v) is 11.9. The molecule has 33 heavy (non-hydrogen) atoms. The van der Waals surface area contributed by atoms with Crippen LogP contribution in [-0.4, -0.2) is 25.8 Å². The number of benzene rings is 3. The Morgan fingerprint density at radius 1 is 0.788 bits per heavy atom. The lowest BCUT2D eigenvalue weighted by atomic mass is 10.1.